The molecule has 0 bridgehead atoms. The Hall–Kier alpha value is -0.830. The first-order valence-electron chi connectivity index (χ1n) is 15.7. The lowest BCUT2D eigenvalue weighted by Gasteiger charge is -2.23. The van der Waals surface area contributed by atoms with E-state index in [9.17, 15) is 4.79 Å². The van der Waals surface area contributed by atoms with Crippen molar-refractivity contribution in [3.63, 3.8) is 0 Å². The smallest absolute Gasteiger partial charge is 0.222 e. The summed E-state index contributed by atoms with van der Waals surface area (Å²) in [5.41, 5.74) is 0. The van der Waals surface area contributed by atoms with Gasteiger partial charge in [0.15, 0.2) is 0 Å². The first-order chi connectivity index (χ1) is 17.1. The summed E-state index contributed by atoms with van der Waals surface area (Å²) < 4.78 is 0. The van der Waals surface area contributed by atoms with Gasteiger partial charge in [-0.25, -0.2) is 0 Å². The zero-order chi connectivity index (χ0) is 25.8. The molecular formula is C32H64N2O. The Kier molecular flexibility index (Phi) is 27.1. The van der Waals surface area contributed by atoms with Crippen LogP contribution in [0.15, 0.2) is 12.2 Å². The van der Waals surface area contributed by atoms with Crippen LogP contribution in [0.4, 0.5) is 0 Å². The molecule has 0 aliphatic rings. The number of carbonyl (C=O) groups is 1. The molecule has 0 aromatic heterocycles. The van der Waals surface area contributed by atoms with E-state index in [2.05, 4.69) is 49.9 Å². The van der Waals surface area contributed by atoms with Crippen molar-refractivity contribution in [2.24, 2.45) is 0 Å². The molecule has 0 spiro atoms. The van der Waals surface area contributed by atoms with Crippen LogP contribution in [0.2, 0.25) is 0 Å². The van der Waals surface area contributed by atoms with E-state index in [1.54, 1.807) is 0 Å². The van der Waals surface area contributed by atoms with Gasteiger partial charge in [0.1, 0.15) is 0 Å². The van der Waals surface area contributed by atoms with Crippen molar-refractivity contribution in [3.05, 3.63) is 12.2 Å². The molecule has 0 rings (SSSR count). The standard InChI is InChI=1S/C32H64N2O/c1-5-7-9-11-13-14-15-16-17-18-19-20-21-22-24-26-31-34(30-25-23-12-10-8-6-2)32(35)28-27-29-33(3)4/h16-17H,5-15,18-31H2,1-4H3/b17-16-. The van der Waals surface area contributed by atoms with Gasteiger partial charge in [0.05, 0.1) is 0 Å². The number of hydrogen-bond acceptors (Lipinski definition) is 2. The number of nitrogens with zero attached hydrogens (tertiary/aromatic N) is 2. The highest BCUT2D eigenvalue weighted by molar-refractivity contribution is 5.76. The zero-order valence-corrected chi connectivity index (χ0v) is 24.6. The average Bonchev–Trinajstić information content (AvgIpc) is 2.84. The molecule has 0 aliphatic heterocycles. The molecule has 0 N–H and O–H groups in total. The molecule has 0 fully saturated rings. The summed E-state index contributed by atoms with van der Waals surface area (Å²) in [5, 5.41) is 0. The predicted octanol–water partition coefficient (Wildman–Crippen LogP) is 9.55. The van der Waals surface area contributed by atoms with Gasteiger partial charge in [0.25, 0.3) is 0 Å². The van der Waals surface area contributed by atoms with E-state index >= 15 is 0 Å². The molecule has 0 aromatic carbocycles. The number of allylic oxidation sites excluding steroid dienone is 2. The minimum Gasteiger partial charge on any atom is -0.343 e. The molecule has 0 radical (unpaired) electrons. The summed E-state index contributed by atoms with van der Waals surface area (Å²) >= 11 is 0. The van der Waals surface area contributed by atoms with Crippen LogP contribution in [0.5, 0.6) is 0 Å². The van der Waals surface area contributed by atoms with Crippen LogP contribution < -0.4 is 0 Å². The normalized spacial score (nSPS) is 11.7. The molecular weight excluding hydrogens is 428 g/mol. The second kappa shape index (κ2) is 27.8. The maximum absolute atomic E-state index is 12.8. The lowest BCUT2D eigenvalue weighted by molar-refractivity contribution is -0.131. The summed E-state index contributed by atoms with van der Waals surface area (Å²) in [5.74, 6) is 0.383. The average molecular weight is 493 g/mol. The minimum atomic E-state index is 0.383. The van der Waals surface area contributed by atoms with E-state index in [0.717, 1.165) is 26.1 Å². The predicted molar refractivity (Wildman–Crippen MR) is 157 cm³/mol. The Balaban J connectivity index is 3.84. The van der Waals surface area contributed by atoms with E-state index in [-0.39, 0.29) is 0 Å². The number of hydrogen-bond donors (Lipinski definition) is 0. The van der Waals surface area contributed by atoms with Crippen molar-refractivity contribution in [2.45, 2.75) is 155 Å². The second-order valence-electron chi connectivity index (χ2n) is 11.0. The molecule has 0 saturated carbocycles. The van der Waals surface area contributed by atoms with Crippen LogP contribution in [-0.2, 0) is 4.79 Å². The van der Waals surface area contributed by atoms with Crippen LogP contribution in [0.25, 0.3) is 0 Å². The van der Waals surface area contributed by atoms with Gasteiger partial charge in [0.2, 0.25) is 5.91 Å². The van der Waals surface area contributed by atoms with Gasteiger partial charge in [-0.3, -0.25) is 4.79 Å². The van der Waals surface area contributed by atoms with E-state index in [1.165, 1.54) is 128 Å². The fourth-order valence-corrected chi connectivity index (χ4v) is 4.70. The topological polar surface area (TPSA) is 23.6 Å². The maximum atomic E-state index is 12.8. The fourth-order valence-electron chi connectivity index (χ4n) is 4.70. The first kappa shape index (κ1) is 34.2. The van der Waals surface area contributed by atoms with Crippen molar-refractivity contribution in [1.29, 1.82) is 0 Å². The monoisotopic (exact) mass is 493 g/mol. The molecule has 0 aliphatic carbocycles. The van der Waals surface area contributed by atoms with Crippen LogP contribution in [0.1, 0.15) is 155 Å². The van der Waals surface area contributed by atoms with Gasteiger partial charge in [-0.15, -0.1) is 0 Å². The van der Waals surface area contributed by atoms with E-state index in [0.29, 0.717) is 12.3 Å². The van der Waals surface area contributed by atoms with Crippen molar-refractivity contribution >= 4 is 5.91 Å². The Labute approximate surface area is 221 Å². The van der Waals surface area contributed by atoms with Crippen LogP contribution >= 0.6 is 0 Å². The SMILES string of the molecule is CCCCCCCC/C=C\CCCCCCCCN(CCCCCCCC)C(=O)CCCN(C)C. The molecule has 0 atom stereocenters. The quantitative estimate of drug-likeness (QED) is 0.0841. The summed E-state index contributed by atoms with van der Waals surface area (Å²) in [4.78, 5) is 17.1. The molecule has 208 valence electrons. The molecule has 35 heavy (non-hydrogen) atoms. The molecule has 0 unspecified atom stereocenters. The molecule has 0 aromatic rings. The highest BCUT2D eigenvalue weighted by atomic mass is 16.2. The highest BCUT2D eigenvalue weighted by Crippen LogP contribution is 2.12. The van der Waals surface area contributed by atoms with Gasteiger partial charge < -0.3 is 9.80 Å². The molecule has 0 saturated heterocycles. The summed E-state index contributed by atoms with van der Waals surface area (Å²) in [6, 6.07) is 0. The van der Waals surface area contributed by atoms with E-state index in [4.69, 9.17) is 0 Å². The van der Waals surface area contributed by atoms with E-state index < -0.39 is 0 Å². The second-order valence-corrected chi connectivity index (χ2v) is 11.0. The minimum absolute atomic E-state index is 0.383. The van der Waals surface area contributed by atoms with Gasteiger partial charge in [-0.1, -0.05) is 116 Å². The molecule has 3 heteroatoms. The van der Waals surface area contributed by atoms with Gasteiger partial charge in [-0.05, 0) is 65.6 Å². The Morgan fingerprint density at radius 1 is 0.514 bits per heavy atom. The Morgan fingerprint density at radius 3 is 1.34 bits per heavy atom. The van der Waals surface area contributed by atoms with Crippen LogP contribution in [0.3, 0.4) is 0 Å². The summed E-state index contributed by atoms with van der Waals surface area (Å²) in [6.07, 6.45) is 33.0. The number of amides is 1. The fraction of sp³-hybridized carbons (Fsp3) is 0.906. The van der Waals surface area contributed by atoms with Crippen molar-refractivity contribution in [3.8, 4) is 0 Å². The van der Waals surface area contributed by atoms with Gasteiger partial charge in [0, 0.05) is 19.5 Å². The number of carbonyl (C=O) groups excluding carboxylic acids is 1. The third kappa shape index (κ3) is 26.1. The van der Waals surface area contributed by atoms with Crippen LogP contribution in [0, 0.1) is 0 Å². The number of unbranched alkanes of at least 4 members (excludes halogenated alkanes) is 17. The van der Waals surface area contributed by atoms with Crippen molar-refractivity contribution in [1.82, 2.24) is 9.80 Å². The number of rotatable bonds is 27. The summed E-state index contributed by atoms with van der Waals surface area (Å²) in [6.45, 7) is 7.49. The van der Waals surface area contributed by atoms with Crippen molar-refractivity contribution in [2.75, 3.05) is 33.7 Å². The van der Waals surface area contributed by atoms with E-state index in [1.807, 2.05) is 0 Å². The molecule has 0 heterocycles. The Bertz CT molecular complexity index is 460. The lowest BCUT2D eigenvalue weighted by atomic mass is 10.1. The maximum Gasteiger partial charge on any atom is 0.222 e. The summed E-state index contributed by atoms with van der Waals surface area (Å²) in [7, 11) is 4.18. The lowest BCUT2D eigenvalue weighted by Crippen LogP contribution is -2.33. The first-order valence-corrected chi connectivity index (χ1v) is 15.7. The zero-order valence-electron chi connectivity index (χ0n) is 24.6. The van der Waals surface area contributed by atoms with Gasteiger partial charge in [-0.2, -0.15) is 0 Å². The highest BCUT2D eigenvalue weighted by Gasteiger charge is 2.12. The largest absolute Gasteiger partial charge is 0.343 e. The third-order valence-corrected chi connectivity index (χ3v) is 7.07. The van der Waals surface area contributed by atoms with Gasteiger partial charge >= 0.3 is 0 Å². The van der Waals surface area contributed by atoms with Crippen molar-refractivity contribution < 1.29 is 4.79 Å². The molecule has 3 nitrogen and oxygen atoms in total. The molecule has 1 amide bonds. The third-order valence-electron chi connectivity index (χ3n) is 7.07. The Morgan fingerprint density at radius 2 is 0.914 bits per heavy atom. The van der Waals surface area contributed by atoms with Crippen LogP contribution in [-0.4, -0.2) is 49.4 Å².